The van der Waals surface area contributed by atoms with Gasteiger partial charge in [0.25, 0.3) is 5.91 Å². The monoisotopic (exact) mass is 571 g/mol. The maximum Gasteiger partial charge on any atom is 0.344 e. The van der Waals surface area contributed by atoms with Gasteiger partial charge < -0.3 is 19.3 Å². The summed E-state index contributed by atoms with van der Waals surface area (Å²) in [5.74, 6) is -0.559. The van der Waals surface area contributed by atoms with Gasteiger partial charge in [-0.1, -0.05) is 42.6 Å². The number of carbonyl (C=O) groups is 2. The molecule has 1 N–H and O–H groups in total. The first-order valence-electron chi connectivity index (χ1n) is 11.2. The Morgan fingerprint density at radius 3 is 2.58 bits per heavy atom. The van der Waals surface area contributed by atoms with Crippen LogP contribution in [0.25, 0.3) is 6.08 Å². The number of aliphatic hydroxyl groups excluding tert-OH is 1. The number of esters is 1. The van der Waals surface area contributed by atoms with E-state index in [9.17, 15) is 14.7 Å². The van der Waals surface area contributed by atoms with Crippen molar-refractivity contribution < 1.29 is 28.9 Å². The molecule has 2 aromatic rings. The van der Waals surface area contributed by atoms with E-state index in [4.69, 9.17) is 14.2 Å². The molecule has 0 aliphatic carbocycles. The summed E-state index contributed by atoms with van der Waals surface area (Å²) >= 11 is 4.52. The van der Waals surface area contributed by atoms with Crippen molar-refractivity contribution in [1.82, 2.24) is 0 Å². The smallest absolute Gasteiger partial charge is 0.344 e. The van der Waals surface area contributed by atoms with Gasteiger partial charge >= 0.3 is 5.97 Å². The molecule has 0 saturated carbocycles. The molecule has 0 spiro atoms. The Morgan fingerprint density at radius 2 is 1.92 bits per heavy atom. The van der Waals surface area contributed by atoms with Gasteiger partial charge in [-0.15, -0.1) is 0 Å². The molecule has 2 aromatic carbocycles. The summed E-state index contributed by atoms with van der Waals surface area (Å²) in [5.41, 5.74) is 1.68. The number of aliphatic hydroxyl groups is 1. The van der Waals surface area contributed by atoms with Gasteiger partial charge in [-0.25, -0.2) is 9.79 Å². The molecule has 0 fully saturated rings. The Bertz CT molecular complexity index is 1280. The molecule has 9 heteroatoms. The van der Waals surface area contributed by atoms with Crippen molar-refractivity contribution >= 4 is 50.7 Å². The zero-order chi connectivity index (χ0) is 26.2. The number of rotatable bonds is 9. The average molecular weight is 572 g/mol. The minimum absolute atomic E-state index is 0.0699. The van der Waals surface area contributed by atoms with Gasteiger partial charge in [0.05, 0.1) is 22.6 Å². The number of thioether (sulfide) groups is 1. The van der Waals surface area contributed by atoms with Crippen LogP contribution >= 0.6 is 27.7 Å². The van der Waals surface area contributed by atoms with E-state index < -0.39 is 11.9 Å². The minimum Gasteiger partial charge on any atom is -0.506 e. The van der Waals surface area contributed by atoms with Crippen LogP contribution in [0.5, 0.6) is 11.5 Å². The van der Waals surface area contributed by atoms with E-state index in [1.165, 1.54) is 0 Å². The van der Waals surface area contributed by atoms with Crippen LogP contribution in [-0.4, -0.2) is 41.8 Å². The van der Waals surface area contributed by atoms with Gasteiger partial charge in [0.15, 0.2) is 11.5 Å². The van der Waals surface area contributed by atoms with Gasteiger partial charge in [0.1, 0.15) is 23.0 Å². The molecule has 0 radical (unpaired) electrons. The second-order valence-electron chi connectivity index (χ2n) is 7.45. The molecule has 0 saturated heterocycles. The van der Waals surface area contributed by atoms with Crippen LogP contribution in [0.15, 0.2) is 74.8 Å². The van der Waals surface area contributed by atoms with E-state index in [2.05, 4.69) is 27.5 Å². The van der Waals surface area contributed by atoms with Crippen molar-refractivity contribution in [1.29, 1.82) is 0 Å². The highest BCUT2D eigenvalue weighted by Gasteiger charge is 2.34. The zero-order valence-corrected chi connectivity index (χ0v) is 22.6. The van der Waals surface area contributed by atoms with Crippen molar-refractivity contribution in [3.05, 3.63) is 86.5 Å². The lowest BCUT2D eigenvalue weighted by Crippen LogP contribution is -2.14. The first-order valence-corrected chi connectivity index (χ1v) is 12.8. The summed E-state index contributed by atoms with van der Waals surface area (Å²) < 4.78 is 17.2. The highest BCUT2D eigenvalue weighted by atomic mass is 79.9. The molecule has 0 bridgehead atoms. The second kappa shape index (κ2) is 12.6. The predicted molar refractivity (Wildman–Crippen MR) is 146 cm³/mol. The third kappa shape index (κ3) is 6.27. The number of aryl methyl sites for hydroxylation is 1. The number of benzene rings is 2. The number of halogens is 1. The fourth-order valence-electron chi connectivity index (χ4n) is 3.33. The fraction of sp³-hybridized carbons (Fsp3) is 0.222. The van der Waals surface area contributed by atoms with Crippen molar-refractivity contribution in [3.8, 4) is 11.5 Å². The molecule has 0 aromatic heterocycles. The number of aliphatic imine (C=N–C) groups is 1. The lowest BCUT2D eigenvalue weighted by atomic mass is 10.1. The van der Waals surface area contributed by atoms with E-state index >= 15 is 0 Å². The Balaban J connectivity index is 2.05. The highest BCUT2D eigenvalue weighted by Crippen LogP contribution is 2.42. The van der Waals surface area contributed by atoms with E-state index in [0.29, 0.717) is 45.2 Å². The summed E-state index contributed by atoms with van der Waals surface area (Å²) in [7, 11) is 0. The number of ether oxygens (including phenoxy) is 3. The van der Waals surface area contributed by atoms with Crippen LogP contribution in [0.2, 0.25) is 0 Å². The van der Waals surface area contributed by atoms with Crippen molar-refractivity contribution in [3.63, 3.8) is 0 Å². The van der Waals surface area contributed by atoms with Gasteiger partial charge in [-0.3, -0.25) is 4.79 Å². The van der Waals surface area contributed by atoms with Gasteiger partial charge in [-0.2, -0.15) is 0 Å². The molecule has 1 aliphatic rings. The Morgan fingerprint density at radius 1 is 1.17 bits per heavy atom. The van der Waals surface area contributed by atoms with Crippen LogP contribution < -0.4 is 9.47 Å². The lowest BCUT2D eigenvalue weighted by molar-refractivity contribution is -0.138. The molecule has 0 atom stereocenters. The predicted octanol–water partition coefficient (Wildman–Crippen LogP) is 6.42. The summed E-state index contributed by atoms with van der Waals surface area (Å²) in [6.45, 7) is 9.81. The minimum atomic E-state index is -0.758. The number of hydrogen-bond acceptors (Lipinski definition) is 7. The lowest BCUT2D eigenvalue weighted by Gasteiger charge is -2.14. The number of carbonyl (C=O) groups excluding carboxylic acids is 2. The topological polar surface area (TPSA) is 94.4 Å². The van der Waals surface area contributed by atoms with E-state index in [-0.39, 0.29) is 23.0 Å². The fourth-order valence-corrected chi connectivity index (χ4v) is 4.91. The summed E-state index contributed by atoms with van der Waals surface area (Å²) in [5, 5.41) is 11.0. The van der Waals surface area contributed by atoms with Crippen LogP contribution in [0, 0.1) is 6.92 Å². The second-order valence-corrected chi connectivity index (χ2v) is 9.34. The first kappa shape index (κ1) is 27.3. The maximum absolute atomic E-state index is 12.9. The molecule has 188 valence electrons. The molecule has 1 heterocycles. The van der Waals surface area contributed by atoms with Gasteiger partial charge in [-0.05, 0) is 72.1 Å². The molecule has 3 rings (SSSR count). The van der Waals surface area contributed by atoms with Gasteiger partial charge in [0.2, 0.25) is 0 Å². The highest BCUT2D eigenvalue weighted by molar-refractivity contribution is 9.10. The molecule has 0 unspecified atom stereocenters. The zero-order valence-electron chi connectivity index (χ0n) is 20.2. The van der Waals surface area contributed by atoms with Crippen molar-refractivity contribution in [2.45, 2.75) is 20.8 Å². The van der Waals surface area contributed by atoms with Crippen LogP contribution in [0.4, 0.5) is 0 Å². The van der Waals surface area contributed by atoms with Crippen LogP contribution in [0.3, 0.4) is 0 Å². The standard InChI is InChI=1S/C27H26BrNO6S/c1-5-12-35-24-19(28)13-17(14-20(24)33-6-2)15-21-23(30)22(27(32)34-7-3)26(36-21)29-25(31)18-11-9-8-10-16(18)4/h5,8-11,13-15,30H,1,6-7,12H2,2-4H3/b21-15-,29-26?. The van der Waals surface area contributed by atoms with E-state index in [0.717, 1.165) is 17.3 Å². The number of hydrogen-bond donors (Lipinski definition) is 1. The molecular formula is C27H26BrNO6S. The molecule has 36 heavy (non-hydrogen) atoms. The average Bonchev–Trinajstić information content (AvgIpc) is 3.13. The Hall–Kier alpha value is -3.30. The SMILES string of the molecule is C=CCOc1c(Br)cc(/C=C2\SC(=NC(=O)c3ccccc3C)C(C(=O)OCC)=C2O)cc1OCC. The first-order chi connectivity index (χ1) is 17.3. The third-order valence-electron chi connectivity index (χ3n) is 4.92. The molecule has 7 nitrogen and oxygen atoms in total. The quantitative estimate of drug-likeness (QED) is 0.274. The number of nitrogens with zero attached hydrogens (tertiary/aromatic N) is 1. The Kier molecular flexibility index (Phi) is 9.55. The third-order valence-corrected chi connectivity index (χ3v) is 6.53. The largest absolute Gasteiger partial charge is 0.506 e. The van der Waals surface area contributed by atoms with Crippen molar-refractivity contribution in [2.75, 3.05) is 19.8 Å². The van der Waals surface area contributed by atoms with Gasteiger partial charge in [0, 0.05) is 5.56 Å². The van der Waals surface area contributed by atoms with Crippen LogP contribution in [-0.2, 0) is 9.53 Å². The molecule has 1 aliphatic heterocycles. The molecular weight excluding hydrogens is 546 g/mol. The van der Waals surface area contributed by atoms with Crippen LogP contribution in [0.1, 0.15) is 35.3 Å². The number of amides is 1. The summed E-state index contributed by atoms with van der Waals surface area (Å²) in [4.78, 5) is 30.0. The van der Waals surface area contributed by atoms with E-state index in [1.807, 2.05) is 13.0 Å². The maximum atomic E-state index is 12.9. The molecule has 1 amide bonds. The van der Waals surface area contributed by atoms with E-state index in [1.54, 1.807) is 56.3 Å². The Labute approximate surface area is 222 Å². The van der Waals surface area contributed by atoms with Crippen molar-refractivity contribution in [2.24, 2.45) is 4.99 Å². The normalized spacial score (nSPS) is 15.3. The summed E-state index contributed by atoms with van der Waals surface area (Å²) in [6, 6.07) is 10.6. The summed E-state index contributed by atoms with van der Waals surface area (Å²) in [6.07, 6.45) is 3.30.